The number of aromatic nitrogens is 5. The highest BCUT2D eigenvalue weighted by Crippen LogP contribution is 2.36. The molecule has 4 atom stereocenters. The van der Waals surface area contributed by atoms with Crippen molar-refractivity contribution < 1.29 is 33.4 Å². The maximum absolute atomic E-state index is 14.2. The zero-order valence-corrected chi connectivity index (χ0v) is 45.7. The second-order valence-electron chi connectivity index (χ2n) is 21.9. The van der Waals surface area contributed by atoms with E-state index in [2.05, 4.69) is 82.1 Å². The van der Waals surface area contributed by atoms with Crippen molar-refractivity contribution in [2.45, 2.75) is 102 Å². The highest BCUT2D eigenvalue weighted by Gasteiger charge is 2.44. The van der Waals surface area contributed by atoms with Gasteiger partial charge in [-0.1, -0.05) is 50.2 Å². The van der Waals surface area contributed by atoms with Crippen LogP contribution in [0, 0.1) is 12.8 Å². The zero-order chi connectivity index (χ0) is 53.2. The molecule has 4 fully saturated rings. The first-order chi connectivity index (χ1) is 37.4. The molecule has 0 spiro atoms. The van der Waals surface area contributed by atoms with Gasteiger partial charge in [-0.15, -0.1) is 11.3 Å². The van der Waals surface area contributed by atoms with Gasteiger partial charge in [0.15, 0.2) is 5.76 Å². The summed E-state index contributed by atoms with van der Waals surface area (Å²) >= 11 is 1.60. The lowest BCUT2D eigenvalue weighted by atomic mass is 9.91. The molecule has 77 heavy (non-hydrogen) atoms. The van der Waals surface area contributed by atoms with Crippen molar-refractivity contribution in [3.05, 3.63) is 108 Å². The van der Waals surface area contributed by atoms with Crippen LogP contribution >= 0.6 is 11.3 Å². The molecule has 3 aliphatic heterocycles. The summed E-state index contributed by atoms with van der Waals surface area (Å²) < 4.78 is 26.8. The monoisotopic (exact) mass is 1060 g/mol. The molecule has 5 aromatic heterocycles. The van der Waals surface area contributed by atoms with Crippen molar-refractivity contribution in [1.82, 2.24) is 49.6 Å². The number of amides is 2. The third-order valence-corrected chi connectivity index (χ3v) is 17.4. The van der Waals surface area contributed by atoms with Crippen molar-refractivity contribution in [1.29, 1.82) is 0 Å². The summed E-state index contributed by atoms with van der Waals surface area (Å²) in [5.74, 6) is -0.0587. The molecule has 17 nitrogen and oxygen atoms in total. The molecular formula is C59H72N10O7S. The molecule has 406 valence electrons. The van der Waals surface area contributed by atoms with Crippen LogP contribution < -0.4 is 14.8 Å². The van der Waals surface area contributed by atoms with Gasteiger partial charge in [-0.2, -0.15) is 0 Å². The number of pyridine rings is 2. The fourth-order valence-electron chi connectivity index (χ4n) is 11.7. The van der Waals surface area contributed by atoms with Crippen molar-refractivity contribution in [3.8, 4) is 33.3 Å². The summed E-state index contributed by atoms with van der Waals surface area (Å²) in [7, 11) is 2.10. The average Bonchev–Trinajstić information content (AvgIpc) is 4.30. The van der Waals surface area contributed by atoms with Crippen LogP contribution in [-0.4, -0.2) is 164 Å². The van der Waals surface area contributed by atoms with Crippen molar-refractivity contribution >= 4 is 45.0 Å². The van der Waals surface area contributed by atoms with E-state index in [-0.39, 0.29) is 48.9 Å². The van der Waals surface area contributed by atoms with E-state index >= 15 is 0 Å². The van der Waals surface area contributed by atoms with Crippen LogP contribution in [0.15, 0.2) is 95.4 Å². The van der Waals surface area contributed by atoms with E-state index in [1.807, 2.05) is 82.1 Å². The third kappa shape index (κ3) is 11.9. The summed E-state index contributed by atoms with van der Waals surface area (Å²) in [5.41, 5.74) is 9.38. The van der Waals surface area contributed by atoms with E-state index in [0.717, 1.165) is 123 Å². The van der Waals surface area contributed by atoms with E-state index in [4.69, 9.17) is 18.7 Å². The van der Waals surface area contributed by atoms with Crippen molar-refractivity contribution in [3.63, 3.8) is 0 Å². The lowest BCUT2D eigenvalue weighted by Crippen LogP contribution is -2.50. The number of carbonyl (C=O) groups excluding carboxylic acids is 2. The highest BCUT2D eigenvalue weighted by molar-refractivity contribution is 7.13. The predicted octanol–water partition coefficient (Wildman–Crippen LogP) is 7.87. The quantitative estimate of drug-likeness (QED) is 0.0800. The molecule has 4 aliphatic rings. The van der Waals surface area contributed by atoms with Gasteiger partial charge in [-0.05, 0) is 72.7 Å². The number of aliphatic hydroxyl groups excluding tert-OH is 1. The number of aliphatic hydroxyl groups is 1. The fraction of sp³-hybridized carbons (Fsp3) is 0.492. The number of thiazole rings is 1. The largest absolute Gasteiger partial charge is 0.474 e. The second-order valence-corrected chi connectivity index (χ2v) is 22.8. The average molecular weight is 1070 g/mol. The first-order valence-electron chi connectivity index (χ1n) is 27.6. The molecule has 1 aliphatic carbocycles. The van der Waals surface area contributed by atoms with Crippen molar-refractivity contribution in [2.75, 3.05) is 72.1 Å². The van der Waals surface area contributed by atoms with Gasteiger partial charge < -0.3 is 43.5 Å². The Morgan fingerprint density at radius 1 is 0.779 bits per heavy atom. The van der Waals surface area contributed by atoms with Crippen LogP contribution in [0.1, 0.15) is 81.9 Å². The summed E-state index contributed by atoms with van der Waals surface area (Å²) in [6, 6.07) is 21.3. The number of fused-ring (bicyclic) bond motifs is 3. The number of nitrogens with zero attached hydrogens (tertiary/aromatic N) is 9. The number of carbonyl (C=O) groups is 2. The number of nitrogens with one attached hydrogen (secondary N) is 1. The minimum Gasteiger partial charge on any atom is -0.474 e. The summed E-state index contributed by atoms with van der Waals surface area (Å²) in [5, 5.41) is 20.4. The molecule has 2 N–H and O–H groups in total. The van der Waals surface area contributed by atoms with Crippen LogP contribution in [0.25, 0.3) is 43.4 Å². The number of piperidine rings is 1. The lowest BCUT2D eigenvalue weighted by molar-refractivity contribution is -0.141. The number of likely N-dealkylation sites (tertiary alicyclic amines) is 2. The maximum atomic E-state index is 14.2. The predicted molar refractivity (Wildman–Crippen MR) is 297 cm³/mol. The number of benzene rings is 2. The Bertz CT molecular complexity index is 3120. The number of rotatable bonds is 19. The van der Waals surface area contributed by atoms with Crippen LogP contribution in [0.2, 0.25) is 0 Å². The molecule has 8 heterocycles. The van der Waals surface area contributed by atoms with E-state index in [0.29, 0.717) is 30.2 Å². The zero-order valence-electron chi connectivity index (χ0n) is 44.9. The van der Waals surface area contributed by atoms with Crippen LogP contribution in [0.4, 0.5) is 0 Å². The molecule has 2 aromatic carbocycles. The first kappa shape index (κ1) is 52.8. The Morgan fingerprint density at radius 2 is 1.51 bits per heavy atom. The molecular weight excluding hydrogens is 993 g/mol. The Kier molecular flexibility index (Phi) is 16.0. The second kappa shape index (κ2) is 23.4. The number of hydrogen-bond donors (Lipinski definition) is 2. The Balaban J connectivity index is 0.559. The van der Waals surface area contributed by atoms with Gasteiger partial charge in [0.2, 0.25) is 17.7 Å². The number of hydrogen-bond acceptors (Lipinski definition) is 15. The van der Waals surface area contributed by atoms with Crippen LogP contribution in [-0.2, 0) is 21.4 Å². The van der Waals surface area contributed by atoms with Gasteiger partial charge >= 0.3 is 0 Å². The minimum absolute atomic E-state index is 0.0670. The van der Waals surface area contributed by atoms with Gasteiger partial charge in [-0.3, -0.25) is 24.4 Å². The molecule has 0 bridgehead atoms. The summed E-state index contributed by atoms with van der Waals surface area (Å²) in [6.07, 6.45) is 9.66. The van der Waals surface area contributed by atoms with Crippen molar-refractivity contribution in [2.24, 2.45) is 13.0 Å². The lowest BCUT2D eigenvalue weighted by Gasteiger charge is -2.40. The molecule has 7 aromatic rings. The smallest absolute Gasteiger partial charge is 0.254 e. The molecule has 3 saturated heterocycles. The van der Waals surface area contributed by atoms with E-state index in [1.165, 1.54) is 21.3 Å². The SMILES string of the molecule is Cc1ncsc1-c1ccc([C@H](C)NC(=O)[C@@H]2C[C@@H](O)CN2C(=O)C(c2cc(OCCN3CCN(CCN4CCC(OC5CC(Oc6ccc(-c7ccc8c9cnccc9n(C)c8c7)cn6)C5)CC4)CC3)no2)C(C)C)cc1. The first-order valence-corrected chi connectivity index (χ1v) is 28.4. The summed E-state index contributed by atoms with van der Waals surface area (Å²) in [6.45, 7) is 17.3. The fourth-order valence-corrected chi connectivity index (χ4v) is 12.5. The van der Waals surface area contributed by atoms with E-state index in [1.54, 1.807) is 17.4 Å². The van der Waals surface area contributed by atoms with Gasteiger partial charge in [-0.25, -0.2) is 9.97 Å². The molecule has 1 saturated carbocycles. The van der Waals surface area contributed by atoms with Gasteiger partial charge in [0, 0.05) is 144 Å². The van der Waals surface area contributed by atoms with Crippen LogP contribution in [0.3, 0.4) is 0 Å². The van der Waals surface area contributed by atoms with Crippen LogP contribution in [0.5, 0.6) is 11.8 Å². The van der Waals surface area contributed by atoms with Gasteiger partial charge in [0.1, 0.15) is 24.7 Å². The third-order valence-electron chi connectivity index (χ3n) is 16.4. The van der Waals surface area contributed by atoms with Gasteiger partial charge in [0.25, 0.3) is 5.88 Å². The maximum Gasteiger partial charge on any atom is 0.254 e. The number of piperazine rings is 1. The minimum atomic E-state index is -0.814. The van der Waals surface area contributed by atoms with E-state index in [9.17, 15) is 14.7 Å². The number of ether oxygens (including phenoxy) is 3. The highest BCUT2D eigenvalue weighted by atomic mass is 32.1. The van der Waals surface area contributed by atoms with Gasteiger partial charge in [0.05, 0.1) is 46.0 Å². The standard InChI is InChI=1S/C59H72N10O7S/c1-37(2)56(59(72)69-35-44(70)29-52(69)58(71)63-38(3)40-6-8-41(9-7-40)57-39(4)62-36-77-57)53-32-55(64-76-53)73-27-26-68-24-22-67(23-25-68)21-20-66-18-15-45(16-19-66)74-46-30-47(31-46)75-54-13-11-43(33-61-54)42-10-12-48-49-34-60-17-14-50(49)65(5)51(48)28-42/h6-14,17,28,32-34,36-38,44-47,52,56,70H,15-16,18-27,29-31,35H2,1-5H3,(H,63,71)/t38-,44+,46?,47?,52-,56?/m0/s1. The van der Waals surface area contributed by atoms with E-state index < -0.39 is 18.1 Å². The number of β-amino-alcohol motifs (C(OH)–C–C–N with tert-alkyl or cyclic N) is 1. The number of aryl methyl sites for hydroxylation is 2. The Hall–Kier alpha value is -6.28. The molecule has 11 rings (SSSR count). The summed E-state index contributed by atoms with van der Waals surface area (Å²) in [4.78, 5) is 51.5. The molecule has 0 radical (unpaired) electrons. The normalized spacial score (nSPS) is 21.7. The molecule has 1 unspecified atom stereocenters. The topological polar surface area (TPSA) is 177 Å². The molecule has 18 heteroatoms. The molecule has 2 amide bonds. The Morgan fingerprint density at radius 3 is 2.22 bits per heavy atom. The Labute approximate surface area is 454 Å².